The molecule has 0 heterocycles. The molecule has 2 aromatic carbocycles. The normalized spacial score (nSPS) is 10.2. The number of anilines is 1. The molecule has 0 aliphatic rings. The number of carbonyl (C=O) groups is 2. The van der Waals surface area contributed by atoms with Crippen LogP contribution in [0.4, 0.5) is 5.69 Å². The molecule has 0 bridgehead atoms. The highest BCUT2D eigenvalue weighted by atomic mass is 16.5. The zero-order valence-electron chi connectivity index (χ0n) is 15.5. The molecular weight excluding hydrogens is 332 g/mol. The van der Waals surface area contributed by atoms with Crippen LogP contribution >= 0.6 is 0 Å². The Morgan fingerprint density at radius 1 is 0.962 bits per heavy atom. The molecule has 0 aliphatic carbocycles. The molecule has 2 rings (SSSR count). The van der Waals surface area contributed by atoms with Gasteiger partial charge in [-0.3, -0.25) is 9.59 Å². The minimum atomic E-state index is -0.0912. The van der Waals surface area contributed by atoms with Crippen molar-refractivity contribution in [2.45, 2.75) is 12.8 Å². The predicted octanol–water partition coefficient (Wildman–Crippen LogP) is 2.98. The molecule has 0 atom stereocenters. The molecule has 0 unspecified atom stereocenters. The summed E-state index contributed by atoms with van der Waals surface area (Å²) in [6, 6.07) is 12.5. The van der Waals surface area contributed by atoms with E-state index in [1.807, 2.05) is 18.2 Å². The molecule has 0 radical (unpaired) electrons. The van der Waals surface area contributed by atoms with Gasteiger partial charge in [-0.05, 0) is 48.4 Å². The second kappa shape index (κ2) is 8.89. The molecule has 138 valence electrons. The molecule has 0 saturated heterocycles. The van der Waals surface area contributed by atoms with E-state index in [0.717, 1.165) is 5.56 Å². The van der Waals surface area contributed by atoms with E-state index in [0.29, 0.717) is 35.6 Å². The van der Waals surface area contributed by atoms with E-state index < -0.39 is 0 Å². The van der Waals surface area contributed by atoms with Gasteiger partial charge in [-0.15, -0.1) is 0 Å². The Hall–Kier alpha value is -3.02. The van der Waals surface area contributed by atoms with Crippen molar-refractivity contribution in [3.05, 3.63) is 53.6 Å². The first-order valence-electron chi connectivity index (χ1n) is 8.27. The summed E-state index contributed by atoms with van der Waals surface area (Å²) in [6.45, 7) is 0. The highest BCUT2D eigenvalue weighted by molar-refractivity contribution is 5.95. The molecular formula is C20H24N2O4. The van der Waals surface area contributed by atoms with Crippen LogP contribution in [-0.4, -0.2) is 45.0 Å². The summed E-state index contributed by atoms with van der Waals surface area (Å²) in [7, 11) is 6.57. The number of nitrogens with one attached hydrogen (secondary N) is 1. The fourth-order valence-electron chi connectivity index (χ4n) is 2.47. The largest absolute Gasteiger partial charge is 0.493 e. The third kappa shape index (κ3) is 4.99. The van der Waals surface area contributed by atoms with Crippen LogP contribution in [0.15, 0.2) is 42.5 Å². The number of amides is 2. The maximum atomic E-state index is 12.1. The van der Waals surface area contributed by atoms with Gasteiger partial charge in [-0.1, -0.05) is 6.07 Å². The van der Waals surface area contributed by atoms with Crippen LogP contribution < -0.4 is 14.8 Å². The van der Waals surface area contributed by atoms with E-state index in [1.54, 1.807) is 52.6 Å². The monoisotopic (exact) mass is 356 g/mol. The van der Waals surface area contributed by atoms with Gasteiger partial charge in [-0.25, -0.2) is 0 Å². The summed E-state index contributed by atoms with van der Waals surface area (Å²) in [4.78, 5) is 25.5. The first-order chi connectivity index (χ1) is 12.4. The van der Waals surface area contributed by atoms with Gasteiger partial charge in [0, 0.05) is 31.8 Å². The van der Waals surface area contributed by atoms with Crippen LogP contribution in [0.25, 0.3) is 0 Å². The maximum absolute atomic E-state index is 12.1. The Morgan fingerprint density at radius 3 is 2.19 bits per heavy atom. The van der Waals surface area contributed by atoms with E-state index in [-0.39, 0.29) is 11.8 Å². The van der Waals surface area contributed by atoms with E-state index in [4.69, 9.17) is 9.47 Å². The van der Waals surface area contributed by atoms with Gasteiger partial charge >= 0.3 is 0 Å². The maximum Gasteiger partial charge on any atom is 0.253 e. The van der Waals surface area contributed by atoms with Gasteiger partial charge in [0.1, 0.15) is 0 Å². The lowest BCUT2D eigenvalue weighted by Crippen LogP contribution is -2.21. The third-order valence-electron chi connectivity index (χ3n) is 3.91. The van der Waals surface area contributed by atoms with Gasteiger partial charge in [0.15, 0.2) is 11.5 Å². The van der Waals surface area contributed by atoms with Crippen molar-refractivity contribution in [2.24, 2.45) is 0 Å². The smallest absolute Gasteiger partial charge is 0.253 e. The van der Waals surface area contributed by atoms with E-state index in [9.17, 15) is 9.59 Å². The van der Waals surface area contributed by atoms with Gasteiger partial charge in [-0.2, -0.15) is 0 Å². The van der Waals surface area contributed by atoms with Gasteiger partial charge < -0.3 is 19.7 Å². The molecule has 26 heavy (non-hydrogen) atoms. The molecule has 0 saturated carbocycles. The van der Waals surface area contributed by atoms with Crippen LogP contribution in [0.3, 0.4) is 0 Å². The Morgan fingerprint density at radius 2 is 1.62 bits per heavy atom. The quantitative estimate of drug-likeness (QED) is 0.828. The lowest BCUT2D eigenvalue weighted by Gasteiger charge is -2.11. The first-order valence-corrected chi connectivity index (χ1v) is 8.27. The van der Waals surface area contributed by atoms with Crippen molar-refractivity contribution >= 4 is 17.5 Å². The van der Waals surface area contributed by atoms with E-state index >= 15 is 0 Å². The fraction of sp³-hybridized carbons (Fsp3) is 0.300. The fourth-order valence-corrected chi connectivity index (χ4v) is 2.47. The Bertz CT molecular complexity index is 770. The van der Waals surface area contributed by atoms with Crippen molar-refractivity contribution in [2.75, 3.05) is 33.6 Å². The van der Waals surface area contributed by atoms with Gasteiger partial charge in [0.2, 0.25) is 5.91 Å². The molecule has 2 amide bonds. The van der Waals surface area contributed by atoms with E-state index in [2.05, 4.69) is 5.32 Å². The summed E-state index contributed by atoms with van der Waals surface area (Å²) in [5, 5.41) is 2.84. The van der Waals surface area contributed by atoms with Crippen LogP contribution in [-0.2, 0) is 11.2 Å². The zero-order valence-corrected chi connectivity index (χ0v) is 15.5. The molecule has 0 aromatic heterocycles. The number of methoxy groups -OCH3 is 2. The average molecular weight is 356 g/mol. The second-order valence-corrected chi connectivity index (χ2v) is 6.01. The van der Waals surface area contributed by atoms with Crippen molar-refractivity contribution in [3.8, 4) is 11.5 Å². The molecule has 0 fully saturated rings. The van der Waals surface area contributed by atoms with Crippen molar-refractivity contribution in [3.63, 3.8) is 0 Å². The van der Waals surface area contributed by atoms with Crippen LogP contribution in [0.2, 0.25) is 0 Å². The third-order valence-corrected chi connectivity index (χ3v) is 3.91. The Balaban J connectivity index is 1.92. The van der Waals surface area contributed by atoms with Crippen molar-refractivity contribution in [1.29, 1.82) is 0 Å². The summed E-state index contributed by atoms with van der Waals surface area (Å²) < 4.78 is 10.5. The number of hydrogen-bond acceptors (Lipinski definition) is 4. The molecule has 0 spiro atoms. The molecule has 0 aliphatic heterocycles. The van der Waals surface area contributed by atoms with E-state index in [1.165, 1.54) is 4.90 Å². The van der Waals surface area contributed by atoms with Gasteiger partial charge in [0.05, 0.1) is 14.2 Å². The highest BCUT2D eigenvalue weighted by Gasteiger charge is 2.09. The van der Waals surface area contributed by atoms with Gasteiger partial charge in [0.25, 0.3) is 5.91 Å². The number of rotatable bonds is 7. The summed E-state index contributed by atoms with van der Waals surface area (Å²) in [6.07, 6.45) is 0.928. The van der Waals surface area contributed by atoms with Crippen molar-refractivity contribution < 1.29 is 19.1 Å². The molecule has 2 aromatic rings. The summed E-state index contributed by atoms with van der Waals surface area (Å²) in [5.74, 6) is 1.14. The average Bonchev–Trinajstić information content (AvgIpc) is 2.66. The number of aryl methyl sites for hydroxylation is 1. The number of carbonyl (C=O) groups excluding carboxylic acids is 2. The molecule has 6 heteroatoms. The Kier molecular flexibility index (Phi) is 6.60. The minimum absolute atomic E-state index is 0.0728. The number of ether oxygens (including phenoxy) is 2. The molecule has 6 nitrogen and oxygen atoms in total. The number of nitrogens with zero attached hydrogens (tertiary/aromatic N) is 1. The number of benzene rings is 2. The van der Waals surface area contributed by atoms with Crippen LogP contribution in [0.1, 0.15) is 22.3 Å². The summed E-state index contributed by atoms with van der Waals surface area (Å²) in [5.41, 5.74) is 2.24. The SMILES string of the molecule is COc1ccc(CCC(=O)Nc2ccc(C(=O)N(C)C)cc2)cc1OC. The summed E-state index contributed by atoms with van der Waals surface area (Å²) >= 11 is 0. The molecule has 1 N–H and O–H groups in total. The van der Waals surface area contributed by atoms with Crippen LogP contribution in [0.5, 0.6) is 11.5 Å². The zero-order chi connectivity index (χ0) is 19.1. The minimum Gasteiger partial charge on any atom is -0.493 e. The first kappa shape index (κ1) is 19.3. The Labute approximate surface area is 153 Å². The lowest BCUT2D eigenvalue weighted by atomic mass is 10.1. The van der Waals surface area contributed by atoms with Crippen molar-refractivity contribution in [1.82, 2.24) is 4.90 Å². The highest BCUT2D eigenvalue weighted by Crippen LogP contribution is 2.28. The topological polar surface area (TPSA) is 67.9 Å². The number of hydrogen-bond donors (Lipinski definition) is 1. The lowest BCUT2D eigenvalue weighted by molar-refractivity contribution is -0.116. The predicted molar refractivity (Wildman–Crippen MR) is 101 cm³/mol. The van der Waals surface area contributed by atoms with Crippen LogP contribution in [0, 0.1) is 0 Å². The standard InChI is InChI=1S/C20H24N2O4/c1-22(2)20(24)15-7-9-16(10-8-15)21-19(23)12-6-14-5-11-17(25-3)18(13-14)26-4/h5,7-11,13H,6,12H2,1-4H3,(H,21,23). The second-order valence-electron chi connectivity index (χ2n) is 6.01.